The molecule has 0 unspecified atom stereocenters. The lowest BCUT2D eigenvalue weighted by Gasteiger charge is -2.21. The number of nitro benzene ring substituents is 1. The predicted molar refractivity (Wildman–Crippen MR) is 85.3 cm³/mol. The number of amides is 1. The number of rotatable bonds is 5. The molecule has 0 radical (unpaired) electrons. The second-order valence-corrected chi connectivity index (χ2v) is 4.91. The van der Waals surface area contributed by atoms with E-state index in [0.717, 1.165) is 29.2 Å². The van der Waals surface area contributed by atoms with Crippen LogP contribution in [0.15, 0.2) is 48.5 Å². The molecule has 138 valence electrons. The van der Waals surface area contributed by atoms with Crippen molar-refractivity contribution in [2.24, 2.45) is 0 Å². The number of nitro groups is 1. The average molecular weight is 370 g/mol. The molecule has 0 aliphatic rings. The highest BCUT2D eigenvalue weighted by Gasteiger charge is 2.31. The van der Waals surface area contributed by atoms with Crippen LogP contribution in [0.3, 0.4) is 0 Å². The van der Waals surface area contributed by atoms with Gasteiger partial charge in [0.15, 0.2) is 0 Å². The molecule has 0 saturated heterocycles. The molecule has 10 heteroatoms. The Morgan fingerprint density at radius 3 is 2.35 bits per heavy atom. The first kappa shape index (κ1) is 19.0. The molecule has 0 aliphatic carbocycles. The molecule has 2 aromatic rings. The van der Waals surface area contributed by atoms with E-state index in [4.69, 9.17) is 4.74 Å². The molecule has 0 aromatic heterocycles. The number of anilines is 1. The Kier molecular flexibility index (Phi) is 5.65. The van der Waals surface area contributed by atoms with Gasteiger partial charge in [0.2, 0.25) is 0 Å². The third-order valence-corrected chi connectivity index (χ3v) is 3.15. The van der Waals surface area contributed by atoms with Crippen molar-refractivity contribution in [3.63, 3.8) is 0 Å². The van der Waals surface area contributed by atoms with Crippen molar-refractivity contribution in [2.45, 2.75) is 13.3 Å². The van der Waals surface area contributed by atoms with E-state index in [0.29, 0.717) is 0 Å². The summed E-state index contributed by atoms with van der Waals surface area (Å²) < 4.78 is 45.9. The third-order valence-electron chi connectivity index (χ3n) is 3.15. The van der Waals surface area contributed by atoms with E-state index in [9.17, 15) is 28.1 Å². The van der Waals surface area contributed by atoms with Gasteiger partial charge in [0.1, 0.15) is 11.5 Å². The van der Waals surface area contributed by atoms with Crippen LogP contribution in [-0.2, 0) is 0 Å². The summed E-state index contributed by atoms with van der Waals surface area (Å²) in [6, 6.07) is 9.69. The molecule has 0 bridgehead atoms. The molecule has 0 saturated carbocycles. The maximum atomic E-state index is 12.3. The van der Waals surface area contributed by atoms with E-state index in [2.05, 4.69) is 4.74 Å². The summed E-state index contributed by atoms with van der Waals surface area (Å²) >= 11 is 0. The van der Waals surface area contributed by atoms with Gasteiger partial charge in [-0.15, -0.1) is 13.2 Å². The summed E-state index contributed by atoms with van der Waals surface area (Å²) in [5.74, 6) is -0.418. The minimum Gasteiger partial charge on any atom is -0.410 e. The predicted octanol–water partition coefficient (Wildman–Crippen LogP) is 4.52. The molecule has 7 nitrogen and oxygen atoms in total. The van der Waals surface area contributed by atoms with E-state index in [1.807, 2.05) is 0 Å². The molecule has 1 amide bonds. The number of hydrogen-bond donors (Lipinski definition) is 0. The molecular weight excluding hydrogens is 357 g/mol. The summed E-state index contributed by atoms with van der Waals surface area (Å²) in [4.78, 5) is 23.4. The van der Waals surface area contributed by atoms with Crippen LogP contribution in [-0.4, -0.2) is 23.9 Å². The molecule has 0 aliphatic heterocycles. The Morgan fingerprint density at radius 2 is 1.81 bits per heavy atom. The number of benzene rings is 2. The Bertz CT molecular complexity index is 793. The average Bonchev–Trinajstić information content (AvgIpc) is 2.54. The highest BCUT2D eigenvalue weighted by Crippen LogP contribution is 2.27. The SMILES string of the molecule is CCN(C(=O)Oc1ccc([N+](=O)[O-])cc1)c1cccc(OC(F)(F)F)c1. The van der Waals surface area contributed by atoms with Gasteiger partial charge in [-0.3, -0.25) is 15.0 Å². The van der Waals surface area contributed by atoms with Crippen LogP contribution in [0.25, 0.3) is 0 Å². The third kappa shape index (κ3) is 5.10. The van der Waals surface area contributed by atoms with Gasteiger partial charge in [0, 0.05) is 24.7 Å². The minimum atomic E-state index is -4.85. The summed E-state index contributed by atoms with van der Waals surface area (Å²) in [5, 5.41) is 10.6. The highest BCUT2D eigenvalue weighted by atomic mass is 19.4. The molecule has 0 N–H and O–H groups in total. The number of hydrogen-bond acceptors (Lipinski definition) is 5. The van der Waals surface area contributed by atoms with Gasteiger partial charge in [0.25, 0.3) is 5.69 Å². The topological polar surface area (TPSA) is 81.9 Å². The van der Waals surface area contributed by atoms with Crippen molar-refractivity contribution in [3.05, 3.63) is 58.6 Å². The van der Waals surface area contributed by atoms with Gasteiger partial charge in [-0.1, -0.05) is 6.07 Å². The monoisotopic (exact) mass is 370 g/mol. The minimum absolute atomic E-state index is 0.0572. The van der Waals surface area contributed by atoms with Crippen LogP contribution >= 0.6 is 0 Å². The molecule has 26 heavy (non-hydrogen) atoms. The first-order chi connectivity index (χ1) is 12.2. The van der Waals surface area contributed by atoms with E-state index in [1.165, 1.54) is 24.3 Å². The highest BCUT2D eigenvalue weighted by molar-refractivity contribution is 5.89. The van der Waals surface area contributed by atoms with Crippen molar-refractivity contribution in [2.75, 3.05) is 11.4 Å². The van der Waals surface area contributed by atoms with Crippen molar-refractivity contribution < 1.29 is 32.4 Å². The zero-order chi connectivity index (χ0) is 19.3. The van der Waals surface area contributed by atoms with Gasteiger partial charge < -0.3 is 9.47 Å². The lowest BCUT2D eigenvalue weighted by Crippen LogP contribution is -2.33. The number of halogens is 3. The Morgan fingerprint density at radius 1 is 1.15 bits per heavy atom. The zero-order valence-corrected chi connectivity index (χ0v) is 13.4. The first-order valence-electron chi connectivity index (χ1n) is 7.29. The lowest BCUT2D eigenvalue weighted by atomic mass is 10.2. The van der Waals surface area contributed by atoms with E-state index < -0.39 is 23.1 Å². The summed E-state index contributed by atoms with van der Waals surface area (Å²) in [5.41, 5.74) is -0.0321. The Hall–Kier alpha value is -3.30. The number of non-ortho nitro benzene ring substituents is 1. The van der Waals surface area contributed by atoms with Crippen LogP contribution < -0.4 is 14.4 Å². The smallest absolute Gasteiger partial charge is 0.410 e. The van der Waals surface area contributed by atoms with E-state index >= 15 is 0 Å². The molecule has 0 atom stereocenters. The largest absolute Gasteiger partial charge is 0.573 e. The van der Waals surface area contributed by atoms with Gasteiger partial charge in [-0.2, -0.15) is 0 Å². The second-order valence-electron chi connectivity index (χ2n) is 4.91. The van der Waals surface area contributed by atoms with Crippen molar-refractivity contribution in [1.82, 2.24) is 0 Å². The molecule has 2 rings (SSSR count). The van der Waals surface area contributed by atoms with Crippen molar-refractivity contribution >= 4 is 17.5 Å². The van der Waals surface area contributed by atoms with Crippen molar-refractivity contribution in [3.8, 4) is 11.5 Å². The fourth-order valence-electron chi connectivity index (χ4n) is 2.06. The quantitative estimate of drug-likeness (QED) is 0.571. The zero-order valence-electron chi connectivity index (χ0n) is 13.4. The number of alkyl halides is 3. The van der Waals surface area contributed by atoms with Crippen LogP contribution in [0, 0.1) is 10.1 Å². The Labute approximate surface area is 145 Å². The second kappa shape index (κ2) is 7.72. The number of ether oxygens (including phenoxy) is 2. The maximum absolute atomic E-state index is 12.3. The van der Waals surface area contributed by atoms with Gasteiger partial charge in [0.05, 0.1) is 10.6 Å². The summed E-state index contributed by atoms with van der Waals surface area (Å²) in [6.07, 6.45) is -5.71. The normalized spacial score (nSPS) is 10.9. The molecule has 0 fully saturated rings. The van der Waals surface area contributed by atoms with E-state index in [1.54, 1.807) is 6.92 Å². The van der Waals surface area contributed by atoms with Gasteiger partial charge in [-0.05, 0) is 31.2 Å². The lowest BCUT2D eigenvalue weighted by molar-refractivity contribution is -0.384. The summed E-state index contributed by atoms with van der Waals surface area (Å²) in [7, 11) is 0. The molecule has 0 spiro atoms. The number of nitrogens with zero attached hydrogens (tertiary/aromatic N) is 2. The fourth-order valence-corrected chi connectivity index (χ4v) is 2.06. The Balaban J connectivity index is 2.15. The standard InChI is InChI=1S/C16H13F3N2O5/c1-2-20(12-4-3-5-14(10-12)26-16(17,18)19)15(22)25-13-8-6-11(7-9-13)21(23)24/h3-10H,2H2,1H3. The van der Waals surface area contributed by atoms with E-state index in [-0.39, 0.29) is 23.7 Å². The van der Waals surface area contributed by atoms with Crippen LogP contribution in [0.5, 0.6) is 11.5 Å². The maximum Gasteiger partial charge on any atom is 0.573 e. The van der Waals surface area contributed by atoms with Crippen molar-refractivity contribution in [1.29, 1.82) is 0 Å². The molecule has 2 aromatic carbocycles. The van der Waals surface area contributed by atoms with Gasteiger partial charge >= 0.3 is 12.5 Å². The fraction of sp³-hybridized carbons (Fsp3) is 0.188. The molecular formula is C16H13F3N2O5. The van der Waals surface area contributed by atoms with Crippen LogP contribution in [0.4, 0.5) is 29.3 Å². The number of carbonyl (C=O) groups is 1. The first-order valence-corrected chi connectivity index (χ1v) is 7.29. The summed E-state index contributed by atoms with van der Waals surface area (Å²) in [6.45, 7) is 1.72. The van der Waals surface area contributed by atoms with Gasteiger partial charge in [-0.25, -0.2) is 4.79 Å². The van der Waals surface area contributed by atoms with Crippen LogP contribution in [0.1, 0.15) is 6.92 Å². The molecule has 0 heterocycles. The van der Waals surface area contributed by atoms with Crippen LogP contribution in [0.2, 0.25) is 0 Å². The number of carbonyl (C=O) groups excluding carboxylic acids is 1.